The number of ether oxygens (including phenoxy) is 2. The van der Waals surface area contributed by atoms with Gasteiger partial charge >= 0.3 is 5.63 Å². The second-order valence-electron chi connectivity index (χ2n) is 7.60. The number of hydrogen-bond acceptors (Lipinski definition) is 8. The van der Waals surface area contributed by atoms with Crippen LogP contribution in [0.4, 0.5) is 0 Å². The molecule has 0 atom stereocenters. The van der Waals surface area contributed by atoms with Crippen molar-refractivity contribution in [3.63, 3.8) is 0 Å². The Labute approximate surface area is 209 Å². The molecule has 182 valence electrons. The summed E-state index contributed by atoms with van der Waals surface area (Å²) in [4.78, 5) is 25.0. The fraction of sp³-hybridized carbons (Fsp3) is 0.160. The summed E-state index contributed by atoms with van der Waals surface area (Å²) in [5.41, 5.74) is 0.660. The Bertz CT molecular complexity index is 1630. The summed E-state index contributed by atoms with van der Waals surface area (Å²) in [5.74, 6) is 0.658. The van der Waals surface area contributed by atoms with Gasteiger partial charge in [0.2, 0.25) is 5.88 Å². The third-order valence-corrected chi connectivity index (χ3v) is 5.59. The topological polar surface area (TPSA) is 121 Å². The van der Waals surface area contributed by atoms with Crippen molar-refractivity contribution in [2.24, 2.45) is 0 Å². The molecule has 2 aromatic carbocycles. The molecule has 3 heterocycles. The van der Waals surface area contributed by atoms with Gasteiger partial charge in [-0.2, -0.15) is 4.52 Å². The molecule has 0 saturated heterocycles. The molecule has 5 aromatic rings. The Morgan fingerprint density at radius 1 is 1.08 bits per heavy atom. The van der Waals surface area contributed by atoms with Gasteiger partial charge in [-0.25, -0.2) is 4.79 Å². The predicted octanol–water partition coefficient (Wildman–Crippen LogP) is 3.76. The highest BCUT2D eigenvalue weighted by molar-refractivity contribution is 6.33. The summed E-state index contributed by atoms with van der Waals surface area (Å²) < 4.78 is 18.1. The number of nitrogens with one attached hydrogen (secondary N) is 1. The molecular weight excluding hydrogens is 486 g/mol. The van der Waals surface area contributed by atoms with E-state index in [4.69, 9.17) is 25.5 Å². The number of para-hydroxylation sites is 1. The summed E-state index contributed by atoms with van der Waals surface area (Å²) in [6, 6.07) is 17.3. The van der Waals surface area contributed by atoms with E-state index in [2.05, 4.69) is 20.6 Å². The van der Waals surface area contributed by atoms with Crippen LogP contribution >= 0.6 is 11.6 Å². The van der Waals surface area contributed by atoms with E-state index < -0.39 is 11.5 Å². The van der Waals surface area contributed by atoms with E-state index in [1.54, 1.807) is 36.4 Å². The minimum absolute atomic E-state index is 0.107. The first-order valence-electron chi connectivity index (χ1n) is 11.1. The Kier molecular flexibility index (Phi) is 6.50. The lowest BCUT2D eigenvalue weighted by Gasteiger charge is -2.09. The first-order chi connectivity index (χ1) is 17.5. The van der Waals surface area contributed by atoms with E-state index in [1.807, 2.05) is 25.1 Å². The van der Waals surface area contributed by atoms with Gasteiger partial charge in [-0.05, 0) is 37.3 Å². The second-order valence-corrected chi connectivity index (χ2v) is 8.01. The van der Waals surface area contributed by atoms with Crippen molar-refractivity contribution < 1.29 is 18.7 Å². The van der Waals surface area contributed by atoms with Gasteiger partial charge < -0.3 is 19.2 Å². The van der Waals surface area contributed by atoms with Gasteiger partial charge in [0.15, 0.2) is 22.8 Å². The Morgan fingerprint density at radius 3 is 2.78 bits per heavy atom. The van der Waals surface area contributed by atoms with Crippen molar-refractivity contribution in [3.05, 3.63) is 81.7 Å². The van der Waals surface area contributed by atoms with Gasteiger partial charge in [0.05, 0.1) is 18.2 Å². The molecule has 1 N–H and O–H groups in total. The molecule has 0 spiro atoms. The van der Waals surface area contributed by atoms with Crippen LogP contribution < -0.4 is 20.4 Å². The number of hydrogen-bond donors (Lipinski definition) is 1. The van der Waals surface area contributed by atoms with Crippen molar-refractivity contribution in [1.29, 1.82) is 0 Å². The zero-order valence-electron chi connectivity index (χ0n) is 19.1. The summed E-state index contributed by atoms with van der Waals surface area (Å²) >= 11 is 6.29. The van der Waals surface area contributed by atoms with Crippen LogP contribution in [-0.2, 0) is 0 Å². The van der Waals surface area contributed by atoms with Gasteiger partial charge in [-0.3, -0.25) is 4.79 Å². The predicted molar refractivity (Wildman–Crippen MR) is 133 cm³/mol. The van der Waals surface area contributed by atoms with E-state index in [9.17, 15) is 9.59 Å². The van der Waals surface area contributed by atoms with E-state index in [-0.39, 0.29) is 18.7 Å². The number of aromatic nitrogens is 4. The van der Waals surface area contributed by atoms with E-state index >= 15 is 0 Å². The summed E-state index contributed by atoms with van der Waals surface area (Å²) in [6.07, 6.45) is 0. The van der Waals surface area contributed by atoms with Crippen LogP contribution in [0.5, 0.6) is 11.6 Å². The molecule has 0 saturated carbocycles. The SMILES string of the molecule is CCOc1cccc2cc(C(=O)NCCOc3ccc4nnc(-c5ccccc5Cl)n4n3)c(=O)oc12. The van der Waals surface area contributed by atoms with Crippen molar-refractivity contribution in [2.45, 2.75) is 6.92 Å². The molecule has 0 fully saturated rings. The van der Waals surface area contributed by atoms with Crippen LogP contribution in [0.2, 0.25) is 5.02 Å². The van der Waals surface area contributed by atoms with Gasteiger partial charge in [-0.1, -0.05) is 35.9 Å². The van der Waals surface area contributed by atoms with Gasteiger partial charge in [0, 0.05) is 17.0 Å². The fourth-order valence-electron chi connectivity index (χ4n) is 3.62. The molecule has 10 nitrogen and oxygen atoms in total. The van der Waals surface area contributed by atoms with Crippen molar-refractivity contribution in [2.75, 3.05) is 19.8 Å². The van der Waals surface area contributed by atoms with Gasteiger partial charge in [-0.15, -0.1) is 15.3 Å². The third-order valence-electron chi connectivity index (χ3n) is 5.26. The molecule has 3 aromatic heterocycles. The van der Waals surface area contributed by atoms with E-state index in [0.29, 0.717) is 51.3 Å². The molecule has 0 aliphatic carbocycles. The first kappa shape index (κ1) is 23.3. The summed E-state index contributed by atoms with van der Waals surface area (Å²) in [6.45, 7) is 2.50. The maximum absolute atomic E-state index is 12.6. The molecule has 0 aliphatic rings. The number of nitrogens with zero attached hydrogens (tertiary/aromatic N) is 4. The number of carbonyl (C=O) groups is 1. The summed E-state index contributed by atoms with van der Waals surface area (Å²) in [7, 11) is 0. The molecule has 0 radical (unpaired) electrons. The quantitative estimate of drug-likeness (QED) is 0.250. The largest absolute Gasteiger partial charge is 0.490 e. The number of carbonyl (C=O) groups excluding carboxylic acids is 1. The van der Waals surface area contributed by atoms with E-state index in [1.165, 1.54) is 10.6 Å². The highest BCUT2D eigenvalue weighted by Crippen LogP contribution is 2.27. The Morgan fingerprint density at radius 2 is 1.94 bits per heavy atom. The van der Waals surface area contributed by atoms with Crippen molar-refractivity contribution >= 4 is 34.1 Å². The zero-order valence-corrected chi connectivity index (χ0v) is 19.9. The molecule has 1 amide bonds. The normalized spacial score (nSPS) is 11.1. The maximum atomic E-state index is 12.6. The van der Waals surface area contributed by atoms with Crippen LogP contribution in [0.3, 0.4) is 0 Å². The minimum Gasteiger partial charge on any atom is -0.490 e. The van der Waals surface area contributed by atoms with Crippen LogP contribution in [0, 0.1) is 0 Å². The average molecular weight is 506 g/mol. The van der Waals surface area contributed by atoms with Crippen molar-refractivity contribution in [3.8, 4) is 23.0 Å². The lowest BCUT2D eigenvalue weighted by atomic mass is 10.1. The van der Waals surface area contributed by atoms with Crippen LogP contribution in [-0.4, -0.2) is 45.5 Å². The van der Waals surface area contributed by atoms with Crippen LogP contribution in [0.15, 0.2) is 69.9 Å². The molecular formula is C25H20ClN5O5. The average Bonchev–Trinajstić information content (AvgIpc) is 3.30. The van der Waals surface area contributed by atoms with Crippen LogP contribution in [0.1, 0.15) is 17.3 Å². The highest BCUT2D eigenvalue weighted by atomic mass is 35.5. The number of rotatable bonds is 8. The number of fused-ring (bicyclic) bond motifs is 2. The van der Waals surface area contributed by atoms with Crippen LogP contribution in [0.25, 0.3) is 28.0 Å². The monoisotopic (exact) mass is 505 g/mol. The third kappa shape index (κ3) is 4.58. The first-order valence-corrected chi connectivity index (χ1v) is 11.5. The Hall–Kier alpha value is -4.44. The van der Waals surface area contributed by atoms with Gasteiger partial charge in [0.25, 0.3) is 5.91 Å². The lowest BCUT2D eigenvalue weighted by molar-refractivity contribution is 0.0943. The van der Waals surface area contributed by atoms with E-state index in [0.717, 1.165) is 0 Å². The lowest BCUT2D eigenvalue weighted by Crippen LogP contribution is -2.31. The molecule has 0 aliphatic heterocycles. The molecule has 36 heavy (non-hydrogen) atoms. The summed E-state index contributed by atoms with van der Waals surface area (Å²) in [5, 5.41) is 16.5. The molecule has 0 unspecified atom stereocenters. The highest BCUT2D eigenvalue weighted by Gasteiger charge is 2.16. The fourth-order valence-corrected chi connectivity index (χ4v) is 3.84. The van der Waals surface area contributed by atoms with Crippen molar-refractivity contribution in [1.82, 2.24) is 25.1 Å². The standard InChI is InChI=1S/C25H20ClN5O5/c1-2-34-19-9-5-6-15-14-17(25(33)36-22(15)19)24(32)27-12-13-35-21-11-10-20-28-29-23(31(20)30-21)16-7-3-4-8-18(16)26/h3-11,14H,2,12-13H2,1H3,(H,27,32). The second kappa shape index (κ2) is 10.0. The zero-order chi connectivity index (χ0) is 25.1. The molecule has 5 rings (SSSR count). The molecule has 0 bridgehead atoms. The number of benzene rings is 2. The molecule has 11 heteroatoms. The maximum Gasteiger partial charge on any atom is 0.349 e. The Balaban J connectivity index is 1.25. The number of amides is 1. The minimum atomic E-state index is -0.750. The number of halogens is 1. The van der Waals surface area contributed by atoms with Gasteiger partial charge in [0.1, 0.15) is 12.2 Å². The smallest absolute Gasteiger partial charge is 0.349 e.